The topological polar surface area (TPSA) is 26.3 Å². The van der Waals surface area contributed by atoms with Crippen molar-refractivity contribution < 1.29 is 9.53 Å². The number of carbonyl (C=O) groups excluding carboxylic acids is 1. The van der Waals surface area contributed by atoms with Crippen LogP contribution in [0.2, 0.25) is 0 Å². The minimum atomic E-state index is -0.0457. The second kappa shape index (κ2) is 11.4. The van der Waals surface area contributed by atoms with Gasteiger partial charge in [0.1, 0.15) is 0 Å². The third kappa shape index (κ3) is 12.0. The van der Waals surface area contributed by atoms with Crippen molar-refractivity contribution >= 4 is 21.9 Å². The number of carbonyl (C=O) groups is 1. The lowest BCUT2D eigenvalue weighted by atomic mass is 10.1. The highest BCUT2D eigenvalue weighted by molar-refractivity contribution is 9.09. The summed E-state index contributed by atoms with van der Waals surface area (Å²) in [7, 11) is 0. The summed E-state index contributed by atoms with van der Waals surface area (Å²) in [6.07, 6.45) is 9.16. The van der Waals surface area contributed by atoms with E-state index in [1.165, 1.54) is 32.1 Å². The van der Waals surface area contributed by atoms with Gasteiger partial charge in [-0.2, -0.15) is 0 Å². The number of hydrogen-bond acceptors (Lipinski definition) is 2. The number of ether oxygens (including phenoxy) is 1. The maximum atomic E-state index is 11.0. The predicted molar refractivity (Wildman–Crippen MR) is 72.0 cm³/mol. The summed E-state index contributed by atoms with van der Waals surface area (Å²) in [5, 5.41) is 0. The average Bonchev–Trinajstić information content (AvgIpc) is 2.22. The largest absolute Gasteiger partial charge is 0.466 e. The summed E-state index contributed by atoms with van der Waals surface area (Å²) >= 11 is 3.55. The highest BCUT2D eigenvalue weighted by Gasteiger charge is 2.00. The molecule has 0 saturated carbocycles. The van der Waals surface area contributed by atoms with E-state index in [0.717, 1.165) is 12.8 Å². The van der Waals surface area contributed by atoms with Crippen molar-refractivity contribution in [2.45, 2.75) is 70.0 Å². The van der Waals surface area contributed by atoms with Gasteiger partial charge in [0, 0.05) is 11.2 Å². The number of rotatable bonds is 10. The van der Waals surface area contributed by atoms with Crippen molar-refractivity contribution in [1.29, 1.82) is 0 Å². The second-order valence-corrected chi connectivity index (χ2v) is 5.81. The molecule has 0 bridgehead atoms. The van der Waals surface area contributed by atoms with Crippen LogP contribution in [0.1, 0.15) is 65.2 Å². The van der Waals surface area contributed by atoms with Gasteiger partial charge in [-0.25, -0.2) is 0 Å². The van der Waals surface area contributed by atoms with Gasteiger partial charge < -0.3 is 4.74 Å². The van der Waals surface area contributed by atoms with Crippen LogP contribution in [0.25, 0.3) is 0 Å². The summed E-state index contributed by atoms with van der Waals surface area (Å²) in [5.74, 6) is -0.0457. The molecular weight excluding hydrogens is 268 g/mol. The number of unbranched alkanes of at least 4 members (excludes halogenated alkanes) is 5. The quantitative estimate of drug-likeness (QED) is 0.338. The Hall–Kier alpha value is -0.0500. The van der Waals surface area contributed by atoms with Crippen molar-refractivity contribution in [2.75, 3.05) is 6.61 Å². The molecule has 0 radical (unpaired) electrons. The van der Waals surface area contributed by atoms with E-state index in [2.05, 4.69) is 22.9 Å². The Kier molecular flexibility index (Phi) is 11.4. The molecule has 0 heterocycles. The number of halogens is 1. The summed E-state index contributed by atoms with van der Waals surface area (Å²) in [6.45, 7) is 4.55. The Morgan fingerprint density at radius 1 is 1.12 bits per heavy atom. The maximum absolute atomic E-state index is 11.0. The molecule has 0 amide bonds. The Labute approximate surface area is 108 Å². The third-order valence-electron chi connectivity index (χ3n) is 2.54. The fourth-order valence-corrected chi connectivity index (χ4v) is 1.96. The van der Waals surface area contributed by atoms with E-state index in [1.807, 2.05) is 6.92 Å². The number of esters is 1. The first-order chi connectivity index (χ1) is 7.66. The van der Waals surface area contributed by atoms with E-state index in [1.54, 1.807) is 0 Å². The van der Waals surface area contributed by atoms with E-state index >= 15 is 0 Å². The van der Waals surface area contributed by atoms with Gasteiger partial charge in [-0.05, 0) is 19.8 Å². The molecule has 0 aromatic heterocycles. The van der Waals surface area contributed by atoms with E-state index in [9.17, 15) is 4.79 Å². The molecule has 2 nitrogen and oxygen atoms in total. The van der Waals surface area contributed by atoms with E-state index in [0.29, 0.717) is 17.9 Å². The Morgan fingerprint density at radius 2 is 1.69 bits per heavy atom. The summed E-state index contributed by atoms with van der Waals surface area (Å²) in [4.78, 5) is 11.7. The lowest BCUT2D eigenvalue weighted by Crippen LogP contribution is -2.03. The van der Waals surface area contributed by atoms with Crippen LogP contribution in [0.15, 0.2) is 0 Å². The van der Waals surface area contributed by atoms with Crippen molar-refractivity contribution in [2.24, 2.45) is 0 Å². The molecule has 0 aromatic carbocycles. The van der Waals surface area contributed by atoms with Crippen molar-refractivity contribution in [3.8, 4) is 0 Å². The zero-order valence-electron chi connectivity index (χ0n) is 10.6. The first-order valence-electron chi connectivity index (χ1n) is 6.46. The molecule has 0 aliphatic heterocycles. The van der Waals surface area contributed by atoms with Crippen LogP contribution in [-0.2, 0) is 9.53 Å². The van der Waals surface area contributed by atoms with Crippen molar-refractivity contribution in [3.05, 3.63) is 0 Å². The molecule has 1 atom stereocenters. The fourth-order valence-electron chi connectivity index (χ4n) is 1.64. The molecule has 3 heteroatoms. The molecule has 0 N–H and O–H groups in total. The average molecular weight is 293 g/mol. The maximum Gasteiger partial charge on any atom is 0.305 e. The zero-order valence-corrected chi connectivity index (χ0v) is 12.2. The SMILES string of the molecule is CCOC(=O)CCCCCCCC[C@@H](C)Br. The number of hydrogen-bond donors (Lipinski definition) is 0. The molecule has 0 aliphatic rings. The first-order valence-corrected chi connectivity index (χ1v) is 7.38. The minimum Gasteiger partial charge on any atom is -0.466 e. The fraction of sp³-hybridized carbons (Fsp3) is 0.923. The molecule has 0 fully saturated rings. The van der Waals surface area contributed by atoms with Crippen molar-refractivity contribution in [1.82, 2.24) is 0 Å². The van der Waals surface area contributed by atoms with E-state index in [-0.39, 0.29) is 5.97 Å². The highest BCUT2D eigenvalue weighted by atomic mass is 79.9. The summed E-state index contributed by atoms with van der Waals surface area (Å²) in [5.41, 5.74) is 0. The molecular formula is C13H25BrO2. The third-order valence-corrected chi connectivity index (χ3v) is 3.00. The smallest absolute Gasteiger partial charge is 0.305 e. The van der Waals surface area contributed by atoms with Crippen LogP contribution in [0.4, 0.5) is 0 Å². The summed E-state index contributed by atoms with van der Waals surface area (Å²) < 4.78 is 4.87. The molecule has 16 heavy (non-hydrogen) atoms. The monoisotopic (exact) mass is 292 g/mol. The van der Waals surface area contributed by atoms with Gasteiger partial charge in [0.2, 0.25) is 0 Å². The standard InChI is InChI=1S/C13H25BrO2/c1-3-16-13(15)11-9-7-5-4-6-8-10-12(2)14/h12H,3-11H2,1-2H3/t12-/m1/s1. The molecule has 0 saturated heterocycles. The number of alkyl halides is 1. The van der Waals surface area contributed by atoms with Gasteiger partial charge in [0.05, 0.1) is 6.61 Å². The van der Waals surface area contributed by atoms with Gasteiger partial charge in [0.15, 0.2) is 0 Å². The van der Waals surface area contributed by atoms with Gasteiger partial charge in [0.25, 0.3) is 0 Å². The first kappa shape index (κ1) is 16.0. The van der Waals surface area contributed by atoms with Crippen LogP contribution in [0.5, 0.6) is 0 Å². The molecule has 96 valence electrons. The lowest BCUT2D eigenvalue weighted by molar-refractivity contribution is -0.143. The second-order valence-electron chi connectivity index (χ2n) is 4.25. The van der Waals surface area contributed by atoms with E-state index in [4.69, 9.17) is 4.74 Å². The van der Waals surface area contributed by atoms with Gasteiger partial charge >= 0.3 is 5.97 Å². The molecule has 0 aromatic rings. The molecule has 0 spiro atoms. The summed E-state index contributed by atoms with van der Waals surface area (Å²) in [6, 6.07) is 0. The van der Waals surface area contributed by atoms with Gasteiger partial charge in [-0.3, -0.25) is 4.79 Å². The zero-order chi connectivity index (χ0) is 12.2. The highest BCUT2D eigenvalue weighted by Crippen LogP contribution is 2.12. The van der Waals surface area contributed by atoms with Gasteiger partial charge in [-0.1, -0.05) is 55.0 Å². The van der Waals surface area contributed by atoms with E-state index < -0.39 is 0 Å². The predicted octanol–water partition coefficient (Wildman–Crippen LogP) is 4.45. The molecule has 0 unspecified atom stereocenters. The normalized spacial score (nSPS) is 12.4. The van der Waals surface area contributed by atoms with Crippen LogP contribution < -0.4 is 0 Å². The van der Waals surface area contributed by atoms with Crippen molar-refractivity contribution in [3.63, 3.8) is 0 Å². The van der Waals surface area contributed by atoms with Crippen LogP contribution >= 0.6 is 15.9 Å². The van der Waals surface area contributed by atoms with Crippen LogP contribution in [0, 0.1) is 0 Å². The minimum absolute atomic E-state index is 0.0457. The molecule has 0 aliphatic carbocycles. The van der Waals surface area contributed by atoms with Crippen LogP contribution in [0.3, 0.4) is 0 Å². The Morgan fingerprint density at radius 3 is 2.25 bits per heavy atom. The Balaban J connectivity index is 3.07. The van der Waals surface area contributed by atoms with Crippen LogP contribution in [-0.4, -0.2) is 17.4 Å². The lowest BCUT2D eigenvalue weighted by Gasteiger charge is -2.03. The Bertz CT molecular complexity index is 169. The van der Waals surface area contributed by atoms with Gasteiger partial charge in [-0.15, -0.1) is 0 Å². The molecule has 0 rings (SSSR count).